The van der Waals surface area contributed by atoms with E-state index < -0.39 is 36.3 Å². The van der Waals surface area contributed by atoms with E-state index in [-0.39, 0.29) is 6.54 Å². The number of ether oxygens (including phenoxy) is 1. The molecule has 0 bridgehead atoms. The van der Waals surface area contributed by atoms with Crippen LogP contribution in [0.15, 0.2) is 0 Å². The molecule has 98 valence electrons. The molecule has 2 heterocycles. The van der Waals surface area contributed by atoms with Crippen LogP contribution < -0.4 is 0 Å². The standard InChI is InChI=1S/C10H14F3NO3/c1-17-8(15)6-5-9(16,10(11,12)13)14-4-2-3-7(6)14/h6-7,16H,2-5H2,1H3/t6-,7-,9+/m1/s1. The van der Waals surface area contributed by atoms with Gasteiger partial charge in [-0.2, -0.15) is 13.2 Å². The van der Waals surface area contributed by atoms with Crippen LogP contribution in [0.1, 0.15) is 19.3 Å². The molecule has 0 spiro atoms. The zero-order valence-corrected chi connectivity index (χ0v) is 9.33. The van der Waals surface area contributed by atoms with Gasteiger partial charge in [0, 0.05) is 19.0 Å². The lowest BCUT2D eigenvalue weighted by Crippen LogP contribution is -2.55. The molecular formula is C10H14F3NO3. The second-order valence-corrected chi connectivity index (χ2v) is 4.55. The number of halogens is 3. The maximum atomic E-state index is 12.9. The van der Waals surface area contributed by atoms with E-state index in [9.17, 15) is 23.1 Å². The molecule has 0 saturated carbocycles. The molecule has 2 fully saturated rings. The third kappa shape index (κ3) is 1.72. The maximum absolute atomic E-state index is 12.9. The SMILES string of the molecule is COC(=O)[C@@H]1C[C@](O)(C(F)(F)F)N2CCC[C@H]12. The third-order valence-electron chi connectivity index (χ3n) is 3.70. The lowest BCUT2D eigenvalue weighted by atomic mass is 9.95. The van der Waals surface area contributed by atoms with Gasteiger partial charge in [-0.1, -0.05) is 0 Å². The minimum atomic E-state index is -4.75. The molecular weight excluding hydrogens is 239 g/mol. The van der Waals surface area contributed by atoms with Crippen molar-refractivity contribution in [1.29, 1.82) is 0 Å². The summed E-state index contributed by atoms with van der Waals surface area (Å²) in [6, 6.07) is -0.561. The molecule has 4 nitrogen and oxygen atoms in total. The molecule has 17 heavy (non-hydrogen) atoms. The van der Waals surface area contributed by atoms with Crippen molar-refractivity contribution >= 4 is 5.97 Å². The average molecular weight is 253 g/mol. The summed E-state index contributed by atoms with van der Waals surface area (Å²) in [5, 5.41) is 9.81. The quantitative estimate of drug-likeness (QED) is 0.705. The summed E-state index contributed by atoms with van der Waals surface area (Å²) in [6.45, 7) is 0.161. The Kier molecular flexibility index (Phi) is 2.86. The number of carbonyl (C=O) groups is 1. The fourth-order valence-corrected chi connectivity index (χ4v) is 2.90. The lowest BCUT2D eigenvalue weighted by Gasteiger charge is -2.34. The Hall–Kier alpha value is -0.820. The fourth-order valence-electron chi connectivity index (χ4n) is 2.90. The Bertz CT molecular complexity index is 333. The van der Waals surface area contributed by atoms with Gasteiger partial charge < -0.3 is 9.84 Å². The number of methoxy groups -OCH3 is 1. The van der Waals surface area contributed by atoms with Crippen molar-refractivity contribution in [2.75, 3.05) is 13.7 Å². The molecule has 2 aliphatic rings. The zero-order chi connectivity index (χ0) is 12.8. The highest BCUT2D eigenvalue weighted by atomic mass is 19.4. The first kappa shape index (κ1) is 12.6. The van der Waals surface area contributed by atoms with Gasteiger partial charge in [-0.05, 0) is 12.8 Å². The number of esters is 1. The summed E-state index contributed by atoms with van der Waals surface area (Å²) >= 11 is 0. The number of fused-ring (bicyclic) bond motifs is 1. The summed E-state index contributed by atoms with van der Waals surface area (Å²) in [6.07, 6.45) is -4.35. The van der Waals surface area contributed by atoms with Gasteiger partial charge in [0.2, 0.25) is 5.72 Å². The Balaban J connectivity index is 2.31. The van der Waals surface area contributed by atoms with Gasteiger partial charge in [0.15, 0.2) is 0 Å². The molecule has 2 aliphatic heterocycles. The van der Waals surface area contributed by atoms with E-state index in [1.54, 1.807) is 0 Å². The highest BCUT2D eigenvalue weighted by molar-refractivity contribution is 5.74. The van der Waals surface area contributed by atoms with E-state index >= 15 is 0 Å². The van der Waals surface area contributed by atoms with Crippen molar-refractivity contribution in [3.8, 4) is 0 Å². The van der Waals surface area contributed by atoms with Crippen molar-refractivity contribution < 1.29 is 27.8 Å². The maximum Gasteiger partial charge on any atom is 0.431 e. The third-order valence-corrected chi connectivity index (χ3v) is 3.70. The van der Waals surface area contributed by atoms with Gasteiger partial charge >= 0.3 is 12.1 Å². The number of hydrogen-bond acceptors (Lipinski definition) is 4. The van der Waals surface area contributed by atoms with Crippen LogP contribution in [-0.4, -0.2) is 47.6 Å². The van der Waals surface area contributed by atoms with Gasteiger partial charge in [-0.3, -0.25) is 9.69 Å². The Morgan fingerprint density at radius 2 is 2.18 bits per heavy atom. The zero-order valence-electron chi connectivity index (χ0n) is 9.33. The highest BCUT2D eigenvalue weighted by Crippen LogP contribution is 2.49. The van der Waals surface area contributed by atoms with Crippen LogP contribution in [0.4, 0.5) is 13.2 Å². The predicted molar refractivity (Wildman–Crippen MR) is 50.9 cm³/mol. The van der Waals surface area contributed by atoms with E-state index in [0.29, 0.717) is 12.8 Å². The van der Waals surface area contributed by atoms with Crippen LogP contribution in [-0.2, 0) is 9.53 Å². The van der Waals surface area contributed by atoms with Gasteiger partial charge in [0.05, 0.1) is 13.0 Å². The van der Waals surface area contributed by atoms with E-state index in [4.69, 9.17) is 0 Å². The molecule has 0 aromatic heterocycles. The van der Waals surface area contributed by atoms with Crippen molar-refractivity contribution in [2.45, 2.75) is 37.2 Å². The van der Waals surface area contributed by atoms with Gasteiger partial charge in [0.1, 0.15) is 0 Å². The number of rotatable bonds is 1. The minimum absolute atomic E-state index is 0.161. The normalized spacial score (nSPS) is 38.2. The molecule has 7 heteroatoms. The van der Waals surface area contributed by atoms with Crippen LogP contribution in [0.2, 0.25) is 0 Å². The van der Waals surface area contributed by atoms with E-state index in [1.807, 2.05) is 0 Å². The molecule has 3 atom stereocenters. The Morgan fingerprint density at radius 3 is 2.71 bits per heavy atom. The number of nitrogens with zero attached hydrogens (tertiary/aromatic N) is 1. The first-order valence-corrected chi connectivity index (χ1v) is 5.45. The first-order chi connectivity index (χ1) is 7.81. The predicted octanol–water partition coefficient (Wildman–Crippen LogP) is 0.895. The van der Waals surface area contributed by atoms with Crippen LogP contribution in [0.5, 0.6) is 0 Å². The van der Waals surface area contributed by atoms with Crippen molar-refractivity contribution in [3.05, 3.63) is 0 Å². The molecule has 0 radical (unpaired) electrons. The number of hydrogen-bond donors (Lipinski definition) is 1. The monoisotopic (exact) mass is 253 g/mol. The largest absolute Gasteiger partial charge is 0.469 e. The van der Waals surface area contributed by atoms with E-state index in [2.05, 4.69) is 4.74 Å². The molecule has 0 amide bonds. The van der Waals surface area contributed by atoms with Crippen molar-refractivity contribution in [3.63, 3.8) is 0 Å². The summed E-state index contributed by atoms with van der Waals surface area (Å²) in [5.74, 6) is -1.57. The molecule has 2 rings (SSSR count). The Morgan fingerprint density at radius 1 is 1.53 bits per heavy atom. The smallest absolute Gasteiger partial charge is 0.431 e. The van der Waals surface area contributed by atoms with E-state index in [0.717, 1.165) is 12.0 Å². The van der Waals surface area contributed by atoms with E-state index in [1.165, 1.54) is 0 Å². The van der Waals surface area contributed by atoms with Gasteiger partial charge in [-0.25, -0.2) is 0 Å². The highest BCUT2D eigenvalue weighted by Gasteiger charge is 2.67. The van der Waals surface area contributed by atoms with Crippen molar-refractivity contribution in [1.82, 2.24) is 4.90 Å². The van der Waals surface area contributed by atoms with Crippen LogP contribution in [0.25, 0.3) is 0 Å². The first-order valence-electron chi connectivity index (χ1n) is 5.45. The fraction of sp³-hybridized carbons (Fsp3) is 0.900. The van der Waals surface area contributed by atoms with Crippen LogP contribution in [0, 0.1) is 5.92 Å². The second-order valence-electron chi connectivity index (χ2n) is 4.55. The average Bonchev–Trinajstić information content (AvgIpc) is 2.79. The van der Waals surface area contributed by atoms with Gasteiger partial charge in [0.25, 0.3) is 0 Å². The summed E-state index contributed by atoms with van der Waals surface area (Å²) in [5.41, 5.74) is -2.88. The molecule has 1 N–H and O–H groups in total. The topological polar surface area (TPSA) is 49.8 Å². The molecule has 0 unspecified atom stereocenters. The molecule has 0 aromatic rings. The van der Waals surface area contributed by atoms with Crippen molar-refractivity contribution in [2.24, 2.45) is 5.92 Å². The number of alkyl halides is 3. The number of aliphatic hydroxyl groups is 1. The molecule has 2 saturated heterocycles. The van der Waals surface area contributed by atoms with Gasteiger partial charge in [-0.15, -0.1) is 0 Å². The summed E-state index contributed by atoms with van der Waals surface area (Å²) < 4.78 is 43.1. The molecule has 0 aromatic carbocycles. The van der Waals surface area contributed by atoms with Crippen LogP contribution in [0.3, 0.4) is 0 Å². The number of carbonyl (C=O) groups excluding carboxylic acids is 1. The Labute approximate surface area is 96.3 Å². The second kappa shape index (κ2) is 3.84. The summed E-state index contributed by atoms with van der Waals surface area (Å²) in [7, 11) is 1.15. The summed E-state index contributed by atoms with van der Waals surface area (Å²) in [4.78, 5) is 12.4. The van der Waals surface area contributed by atoms with Crippen LogP contribution >= 0.6 is 0 Å². The minimum Gasteiger partial charge on any atom is -0.469 e. The lowest BCUT2D eigenvalue weighted by molar-refractivity contribution is -0.306. The molecule has 0 aliphatic carbocycles.